The van der Waals surface area contributed by atoms with Crippen molar-refractivity contribution in [2.45, 2.75) is 32.9 Å². The number of carbonyl (C=O) groups is 1. The molecule has 1 amide bonds. The second-order valence-electron chi connectivity index (χ2n) is 3.87. The van der Waals surface area contributed by atoms with Crippen LogP contribution in [-0.2, 0) is 6.54 Å². The number of rotatable bonds is 7. The lowest BCUT2D eigenvalue weighted by Crippen LogP contribution is -2.32. The van der Waals surface area contributed by atoms with Gasteiger partial charge in [0.05, 0.1) is 12.1 Å². The van der Waals surface area contributed by atoms with Gasteiger partial charge < -0.3 is 15.5 Å². The first-order chi connectivity index (χ1) is 8.17. The van der Waals surface area contributed by atoms with Crippen LogP contribution in [0, 0.1) is 0 Å². The Balaban J connectivity index is 2.37. The normalized spacial score (nSPS) is 12.4. The molecule has 96 valence electrons. The van der Waals surface area contributed by atoms with Crippen molar-refractivity contribution in [3.05, 3.63) is 23.7 Å². The molecule has 0 fully saturated rings. The van der Waals surface area contributed by atoms with Gasteiger partial charge in [-0.1, -0.05) is 6.92 Å². The van der Waals surface area contributed by atoms with Crippen molar-refractivity contribution in [1.29, 1.82) is 0 Å². The van der Waals surface area contributed by atoms with Crippen LogP contribution >= 0.6 is 11.8 Å². The largest absolute Gasteiger partial charge is 0.467 e. The van der Waals surface area contributed by atoms with E-state index >= 15 is 0 Å². The second kappa shape index (κ2) is 7.40. The predicted molar refractivity (Wildman–Crippen MR) is 71.1 cm³/mol. The molecule has 0 aliphatic rings. The van der Waals surface area contributed by atoms with Gasteiger partial charge in [-0.2, -0.15) is 11.8 Å². The van der Waals surface area contributed by atoms with Crippen molar-refractivity contribution >= 4 is 17.7 Å². The Morgan fingerprint density at radius 1 is 1.65 bits per heavy atom. The molecule has 1 unspecified atom stereocenters. The first-order valence-corrected chi connectivity index (χ1v) is 6.99. The number of hydrogen-bond donors (Lipinski definition) is 2. The van der Waals surface area contributed by atoms with E-state index in [9.17, 15) is 4.79 Å². The third-order valence-electron chi connectivity index (χ3n) is 2.39. The van der Waals surface area contributed by atoms with E-state index in [1.165, 1.54) is 6.26 Å². The van der Waals surface area contributed by atoms with E-state index in [1.54, 1.807) is 6.07 Å². The monoisotopic (exact) mass is 256 g/mol. The molecule has 5 heteroatoms. The maximum atomic E-state index is 11.8. The van der Waals surface area contributed by atoms with Crippen LogP contribution in [-0.4, -0.2) is 23.5 Å². The molecule has 1 aromatic heterocycles. The molecule has 0 aromatic carbocycles. The number of nitrogens with one attached hydrogen (secondary N) is 1. The lowest BCUT2D eigenvalue weighted by atomic mass is 10.2. The third-order valence-corrected chi connectivity index (χ3v) is 3.33. The van der Waals surface area contributed by atoms with E-state index in [2.05, 4.69) is 12.2 Å². The van der Waals surface area contributed by atoms with Crippen LogP contribution in [0.15, 0.2) is 16.7 Å². The third kappa shape index (κ3) is 4.83. The van der Waals surface area contributed by atoms with E-state index < -0.39 is 0 Å². The van der Waals surface area contributed by atoms with Crippen molar-refractivity contribution in [1.82, 2.24) is 5.32 Å². The summed E-state index contributed by atoms with van der Waals surface area (Å²) >= 11 is 1.88. The van der Waals surface area contributed by atoms with Crippen LogP contribution in [0.3, 0.4) is 0 Å². The summed E-state index contributed by atoms with van der Waals surface area (Å²) in [5.41, 5.74) is 5.96. The SMILES string of the molecule is CCSCCC(C)NC(=O)c1coc(CN)c1. The average Bonchev–Trinajstić information content (AvgIpc) is 2.78. The summed E-state index contributed by atoms with van der Waals surface area (Å²) < 4.78 is 5.13. The van der Waals surface area contributed by atoms with Gasteiger partial charge in [0.2, 0.25) is 0 Å². The van der Waals surface area contributed by atoms with Gasteiger partial charge >= 0.3 is 0 Å². The van der Waals surface area contributed by atoms with Crippen LogP contribution in [0.4, 0.5) is 0 Å². The van der Waals surface area contributed by atoms with Gasteiger partial charge in [-0.05, 0) is 30.9 Å². The van der Waals surface area contributed by atoms with Crippen molar-refractivity contribution in [3.63, 3.8) is 0 Å². The summed E-state index contributed by atoms with van der Waals surface area (Å²) in [6.45, 7) is 4.46. The molecule has 1 atom stereocenters. The minimum Gasteiger partial charge on any atom is -0.467 e. The molecule has 4 nitrogen and oxygen atoms in total. The Kier molecular flexibility index (Phi) is 6.15. The summed E-state index contributed by atoms with van der Waals surface area (Å²) in [5.74, 6) is 2.71. The van der Waals surface area contributed by atoms with Gasteiger partial charge in [0.25, 0.3) is 5.91 Å². The molecule has 17 heavy (non-hydrogen) atoms. The zero-order valence-corrected chi connectivity index (χ0v) is 11.2. The van der Waals surface area contributed by atoms with Crippen molar-refractivity contribution in [3.8, 4) is 0 Å². The number of carbonyl (C=O) groups excluding carboxylic acids is 1. The summed E-state index contributed by atoms with van der Waals surface area (Å²) in [6, 6.07) is 1.86. The Morgan fingerprint density at radius 3 is 3.00 bits per heavy atom. The number of nitrogens with two attached hydrogens (primary N) is 1. The lowest BCUT2D eigenvalue weighted by molar-refractivity contribution is 0.0939. The lowest BCUT2D eigenvalue weighted by Gasteiger charge is -2.12. The fraction of sp³-hybridized carbons (Fsp3) is 0.583. The zero-order chi connectivity index (χ0) is 12.7. The average molecular weight is 256 g/mol. The van der Waals surface area contributed by atoms with Gasteiger partial charge in [0.15, 0.2) is 0 Å². The van der Waals surface area contributed by atoms with Gasteiger partial charge in [-0.25, -0.2) is 0 Å². The first kappa shape index (κ1) is 14.1. The van der Waals surface area contributed by atoms with E-state index in [0.29, 0.717) is 17.9 Å². The number of hydrogen-bond acceptors (Lipinski definition) is 4. The van der Waals surface area contributed by atoms with Crippen LogP contribution in [0.5, 0.6) is 0 Å². The molecule has 0 aliphatic carbocycles. The first-order valence-electron chi connectivity index (χ1n) is 5.83. The van der Waals surface area contributed by atoms with Crippen molar-refractivity contribution in [2.24, 2.45) is 5.73 Å². The topological polar surface area (TPSA) is 68.3 Å². The maximum Gasteiger partial charge on any atom is 0.254 e. The van der Waals surface area contributed by atoms with E-state index in [-0.39, 0.29) is 11.9 Å². The molecule has 1 aromatic rings. The number of amides is 1. The molecule has 0 spiro atoms. The molecule has 0 radical (unpaired) electrons. The Hall–Kier alpha value is -0.940. The summed E-state index contributed by atoms with van der Waals surface area (Å²) in [5, 5.41) is 2.94. The Bertz CT molecular complexity index is 352. The van der Waals surface area contributed by atoms with E-state index in [4.69, 9.17) is 10.2 Å². The smallest absolute Gasteiger partial charge is 0.254 e. The highest BCUT2D eigenvalue weighted by Crippen LogP contribution is 2.08. The predicted octanol–water partition coefficient (Wildman–Crippen LogP) is 2.00. The Morgan fingerprint density at radius 2 is 2.41 bits per heavy atom. The van der Waals surface area contributed by atoms with Crippen LogP contribution < -0.4 is 11.1 Å². The highest BCUT2D eigenvalue weighted by molar-refractivity contribution is 7.99. The highest BCUT2D eigenvalue weighted by Gasteiger charge is 2.12. The van der Waals surface area contributed by atoms with Crippen molar-refractivity contribution < 1.29 is 9.21 Å². The van der Waals surface area contributed by atoms with Crippen LogP contribution in [0.25, 0.3) is 0 Å². The zero-order valence-electron chi connectivity index (χ0n) is 10.4. The standard InChI is InChI=1S/C12H20N2O2S/c1-3-17-5-4-9(2)14-12(15)10-6-11(7-13)16-8-10/h6,8-9H,3-5,7,13H2,1-2H3,(H,14,15). The number of furan rings is 1. The van der Waals surface area contributed by atoms with Gasteiger partial charge in [0.1, 0.15) is 12.0 Å². The van der Waals surface area contributed by atoms with Crippen molar-refractivity contribution in [2.75, 3.05) is 11.5 Å². The summed E-state index contributed by atoms with van der Waals surface area (Å²) in [6.07, 6.45) is 2.43. The van der Waals surface area contributed by atoms with E-state index in [0.717, 1.165) is 17.9 Å². The van der Waals surface area contributed by atoms with Gasteiger partial charge in [0, 0.05) is 6.04 Å². The minimum atomic E-state index is -0.0950. The summed E-state index contributed by atoms with van der Waals surface area (Å²) in [7, 11) is 0. The van der Waals surface area contributed by atoms with Crippen LogP contribution in [0.2, 0.25) is 0 Å². The van der Waals surface area contributed by atoms with E-state index in [1.807, 2.05) is 18.7 Å². The fourth-order valence-corrected chi connectivity index (χ4v) is 2.20. The second-order valence-corrected chi connectivity index (χ2v) is 5.26. The van der Waals surface area contributed by atoms with Gasteiger partial charge in [-0.15, -0.1) is 0 Å². The molecule has 3 N–H and O–H groups in total. The molecular weight excluding hydrogens is 236 g/mol. The minimum absolute atomic E-state index is 0.0950. The molecule has 1 heterocycles. The fourth-order valence-electron chi connectivity index (χ4n) is 1.39. The van der Waals surface area contributed by atoms with Gasteiger partial charge in [-0.3, -0.25) is 4.79 Å². The molecule has 0 aliphatic heterocycles. The van der Waals surface area contributed by atoms with Crippen LogP contribution in [0.1, 0.15) is 36.4 Å². The molecule has 1 rings (SSSR count). The quantitative estimate of drug-likeness (QED) is 0.732. The molecule has 0 saturated heterocycles. The number of thioether (sulfide) groups is 1. The Labute approximate surface area is 106 Å². The molecule has 0 saturated carbocycles. The molecular formula is C12H20N2O2S. The summed E-state index contributed by atoms with van der Waals surface area (Å²) in [4.78, 5) is 11.8. The maximum absolute atomic E-state index is 11.8. The molecule has 0 bridgehead atoms. The highest BCUT2D eigenvalue weighted by atomic mass is 32.2.